The summed E-state index contributed by atoms with van der Waals surface area (Å²) in [6.07, 6.45) is 3.76. The molecule has 1 saturated heterocycles. The number of hydrogen-bond acceptors (Lipinski definition) is 2. The Hall–Kier alpha value is -1.81. The van der Waals surface area contributed by atoms with Crippen LogP contribution in [0.4, 0.5) is 0 Å². The number of nitrogens with one attached hydrogen (secondary N) is 1. The van der Waals surface area contributed by atoms with Crippen molar-refractivity contribution in [3.05, 3.63) is 40.9 Å². The normalized spacial score (nSPS) is 16.2. The van der Waals surface area contributed by atoms with Crippen LogP contribution in [0.1, 0.15) is 5.56 Å². The summed E-state index contributed by atoms with van der Waals surface area (Å²) < 4.78 is 0. The number of hydrogen-bond donors (Lipinski definition) is 1. The zero-order valence-electron chi connectivity index (χ0n) is 9.73. The van der Waals surface area contributed by atoms with Crippen LogP contribution in [0.3, 0.4) is 0 Å². The molecule has 0 aromatic heterocycles. The molecule has 4 nitrogen and oxygen atoms in total. The molecule has 1 aromatic carbocycles. The minimum absolute atomic E-state index is 0.439. The molecule has 94 valence electrons. The quantitative estimate of drug-likeness (QED) is 0.837. The van der Waals surface area contributed by atoms with Crippen LogP contribution in [0, 0.1) is 0 Å². The summed E-state index contributed by atoms with van der Waals surface area (Å²) in [4.78, 5) is 24.1. The summed E-state index contributed by atoms with van der Waals surface area (Å²) in [5, 5.41) is 3.20. The van der Waals surface area contributed by atoms with Gasteiger partial charge in [0.15, 0.2) is 0 Å². The molecular weight excluding hydrogens is 252 g/mol. The van der Waals surface area contributed by atoms with E-state index in [-0.39, 0.29) is 0 Å². The molecule has 5 heteroatoms. The van der Waals surface area contributed by atoms with E-state index < -0.39 is 11.8 Å². The van der Waals surface area contributed by atoms with Crippen molar-refractivity contribution in [2.45, 2.75) is 0 Å². The lowest BCUT2D eigenvalue weighted by atomic mass is 10.2. The molecule has 0 saturated carbocycles. The highest BCUT2D eigenvalue weighted by molar-refractivity contribution is 6.35. The Bertz CT molecular complexity index is 482. The van der Waals surface area contributed by atoms with Crippen molar-refractivity contribution in [2.75, 3.05) is 19.6 Å². The number of carbonyl (C=O) groups is 2. The molecule has 1 aliphatic rings. The second-order valence-corrected chi connectivity index (χ2v) is 4.40. The van der Waals surface area contributed by atoms with E-state index in [0.717, 1.165) is 5.56 Å². The van der Waals surface area contributed by atoms with Crippen LogP contribution >= 0.6 is 11.6 Å². The van der Waals surface area contributed by atoms with Crippen LogP contribution in [0.5, 0.6) is 0 Å². The third-order valence-corrected chi connectivity index (χ3v) is 2.91. The average molecular weight is 265 g/mol. The molecule has 1 fully saturated rings. The Balaban J connectivity index is 1.92. The molecule has 0 bridgehead atoms. The molecule has 1 aliphatic heterocycles. The Morgan fingerprint density at radius 2 is 2.00 bits per heavy atom. The molecule has 1 heterocycles. The molecule has 2 rings (SSSR count). The summed E-state index contributed by atoms with van der Waals surface area (Å²) in [6.45, 7) is 1.50. The first-order valence-corrected chi connectivity index (χ1v) is 6.04. The Morgan fingerprint density at radius 1 is 1.28 bits per heavy atom. The predicted octanol–water partition coefficient (Wildman–Crippen LogP) is 1.31. The van der Waals surface area contributed by atoms with Crippen LogP contribution < -0.4 is 5.32 Å². The van der Waals surface area contributed by atoms with Crippen molar-refractivity contribution in [1.29, 1.82) is 0 Å². The lowest BCUT2D eigenvalue weighted by molar-refractivity contribution is -0.147. The second-order valence-electron chi connectivity index (χ2n) is 3.96. The zero-order valence-corrected chi connectivity index (χ0v) is 10.5. The van der Waals surface area contributed by atoms with Gasteiger partial charge in [0.25, 0.3) is 0 Å². The molecule has 0 aliphatic carbocycles. The number of benzene rings is 1. The van der Waals surface area contributed by atoms with Gasteiger partial charge >= 0.3 is 11.8 Å². The largest absolute Gasteiger partial charge is 0.346 e. The third kappa shape index (κ3) is 3.11. The highest BCUT2D eigenvalue weighted by atomic mass is 35.5. The molecule has 18 heavy (non-hydrogen) atoms. The first-order valence-electron chi connectivity index (χ1n) is 5.66. The summed E-state index contributed by atoms with van der Waals surface area (Å²) in [6, 6.07) is 7.40. The first-order chi connectivity index (χ1) is 8.66. The van der Waals surface area contributed by atoms with E-state index in [0.29, 0.717) is 24.7 Å². The van der Waals surface area contributed by atoms with Crippen LogP contribution in [0.15, 0.2) is 30.3 Å². The number of halogens is 1. The maximum atomic E-state index is 11.5. The van der Waals surface area contributed by atoms with Gasteiger partial charge in [-0.05, 0) is 17.7 Å². The van der Waals surface area contributed by atoms with Crippen LogP contribution in [0.25, 0.3) is 6.08 Å². The van der Waals surface area contributed by atoms with E-state index >= 15 is 0 Å². The topological polar surface area (TPSA) is 49.4 Å². The second kappa shape index (κ2) is 5.69. The fourth-order valence-corrected chi connectivity index (χ4v) is 1.82. The van der Waals surface area contributed by atoms with Gasteiger partial charge in [0, 0.05) is 24.7 Å². The molecule has 1 aromatic rings. The van der Waals surface area contributed by atoms with Gasteiger partial charge in [-0.25, -0.2) is 0 Å². The maximum absolute atomic E-state index is 11.5. The predicted molar refractivity (Wildman–Crippen MR) is 70.1 cm³/mol. The highest BCUT2D eigenvalue weighted by Gasteiger charge is 2.24. The van der Waals surface area contributed by atoms with E-state index in [2.05, 4.69) is 5.32 Å². The maximum Gasteiger partial charge on any atom is 0.312 e. The number of carbonyl (C=O) groups excluding carboxylic acids is 2. The molecule has 0 spiro atoms. The SMILES string of the molecule is O=C1NCCN(C/C=C/c2ccc(Cl)cc2)C1=O. The van der Waals surface area contributed by atoms with Crippen molar-refractivity contribution in [3.63, 3.8) is 0 Å². The van der Waals surface area contributed by atoms with Crippen molar-refractivity contribution >= 4 is 29.5 Å². The first kappa shape index (κ1) is 12.6. The van der Waals surface area contributed by atoms with Gasteiger partial charge in [-0.15, -0.1) is 0 Å². The van der Waals surface area contributed by atoms with Crippen LogP contribution in [-0.4, -0.2) is 36.3 Å². The van der Waals surface area contributed by atoms with E-state index in [1.807, 2.05) is 24.3 Å². The molecule has 0 radical (unpaired) electrons. The molecule has 1 N–H and O–H groups in total. The van der Waals surface area contributed by atoms with Gasteiger partial charge in [-0.3, -0.25) is 9.59 Å². The van der Waals surface area contributed by atoms with E-state index in [9.17, 15) is 9.59 Å². The fourth-order valence-electron chi connectivity index (χ4n) is 1.69. The standard InChI is InChI=1S/C13H13ClN2O2/c14-11-5-3-10(4-6-11)2-1-8-16-9-7-15-12(17)13(16)18/h1-6H,7-9H2,(H,15,17)/b2-1+. The Kier molecular flexibility index (Phi) is 3.99. The minimum Gasteiger partial charge on any atom is -0.346 e. The highest BCUT2D eigenvalue weighted by Crippen LogP contribution is 2.10. The van der Waals surface area contributed by atoms with Gasteiger partial charge < -0.3 is 10.2 Å². The summed E-state index contributed by atoms with van der Waals surface area (Å²) >= 11 is 5.78. The van der Waals surface area contributed by atoms with Gasteiger partial charge in [-0.2, -0.15) is 0 Å². The van der Waals surface area contributed by atoms with Crippen molar-refractivity contribution in [2.24, 2.45) is 0 Å². The van der Waals surface area contributed by atoms with Crippen molar-refractivity contribution in [3.8, 4) is 0 Å². The lowest BCUT2D eigenvalue weighted by Gasteiger charge is -2.24. The molecule has 2 amide bonds. The summed E-state index contributed by atoms with van der Waals surface area (Å²) in [5.74, 6) is -0.997. The Labute approximate surface area is 110 Å². The number of rotatable bonds is 3. The smallest absolute Gasteiger partial charge is 0.312 e. The van der Waals surface area contributed by atoms with Crippen LogP contribution in [-0.2, 0) is 9.59 Å². The Morgan fingerprint density at radius 3 is 2.72 bits per heavy atom. The molecule has 0 atom stereocenters. The van der Waals surface area contributed by atoms with Gasteiger partial charge in [0.1, 0.15) is 0 Å². The van der Waals surface area contributed by atoms with Gasteiger partial charge in [0.2, 0.25) is 0 Å². The van der Waals surface area contributed by atoms with Gasteiger partial charge in [-0.1, -0.05) is 35.9 Å². The van der Waals surface area contributed by atoms with E-state index in [1.165, 1.54) is 4.90 Å². The van der Waals surface area contributed by atoms with E-state index in [4.69, 9.17) is 11.6 Å². The minimum atomic E-state index is -0.527. The zero-order chi connectivity index (χ0) is 13.0. The molecular formula is C13H13ClN2O2. The van der Waals surface area contributed by atoms with Gasteiger partial charge in [0.05, 0.1) is 0 Å². The number of nitrogens with zero attached hydrogens (tertiary/aromatic N) is 1. The summed E-state index contributed by atoms with van der Waals surface area (Å²) in [5.41, 5.74) is 1.01. The average Bonchev–Trinajstić information content (AvgIpc) is 2.37. The van der Waals surface area contributed by atoms with Crippen molar-refractivity contribution in [1.82, 2.24) is 10.2 Å². The monoisotopic (exact) mass is 264 g/mol. The number of amides is 2. The fraction of sp³-hybridized carbons (Fsp3) is 0.231. The van der Waals surface area contributed by atoms with E-state index in [1.54, 1.807) is 12.1 Å². The lowest BCUT2D eigenvalue weighted by Crippen LogP contribution is -2.52. The van der Waals surface area contributed by atoms with Crippen LogP contribution in [0.2, 0.25) is 5.02 Å². The third-order valence-electron chi connectivity index (χ3n) is 2.65. The van der Waals surface area contributed by atoms with Crippen molar-refractivity contribution < 1.29 is 9.59 Å². The summed E-state index contributed by atoms with van der Waals surface area (Å²) in [7, 11) is 0. The number of piperazine rings is 1. The molecule has 0 unspecified atom stereocenters.